The van der Waals surface area contributed by atoms with E-state index in [0.717, 1.165) is 10.8 Å². The summed E-state index contributed by atoms with van der Waals surface area (Å²) in [5.41, 5.74) is 3.26. The highest BCUT2D eigenvalue weighted by atomic mass is 32.1. The molecule has 1 aromatic carbocycles. The minimum Gasteiger partial charge on any atom is -0.319 e. The topological polar surface area (TPSA) is 52.8 Å². The second kappa shape index (κ2) is 4.07. The van der Waals surface area contributed by atoms with Crippen LogP contribution in [0.4, 0.5) is 10.8 Å². The van der Waals surface area contributed by atoms with Gasteiger partial charge in [0.25, 0.3) is 0 Å². The summed E-state index contributed by atoms with van der Waals surface area (Å²) < 4.78 is 0. The molecule has 2 rings (SSSR count). The third-order valence-electron chi connectivity index (χ3n) is 2.00. The largest absolute Gasteiger partial charge is 0.319 e. The van der Waals surface area contributed by atoms with E-state index >= 15 is 0 Å². The molecule has 0 radical (unpaired) electrons. The van der Waals surface area contributed by atoms with Crippen LogP contribution in [0.5, 0.6) is 0 Å². The standard InChI is InChI=1S/C10H8N4S/c1-14(10-13-12-7-15-10)9-4-2-3-8(5-9)6-11/h2-5,7H,1H3. The first-order chi connectivity index (χ1) is 7.31. The Morgan fingerprint density at radius 3 is 3.00 bits per heavy atom. The van der Waals surface area contributed by atoms with Crippen LogP contribution in [0.3, 0.4) is 0 Å². The van der Waals surface area contributed by atoms with E-state index in [1.54, 1.807) is 11.6 Å². The van der Waals surface area contributed by atoms with E-state index < -0.39 is 0 Å². The lowest BCUT2D eigenvalue weighted by Gasteiger charge is -2.14. The van der Waals surface area contributed by atoms with Gasteiger partial charge in [0.2, 0.25) is 5.13 Å². The summed E-state index contributed by atoms with van der Waals surface area (Å²) in [4.78, 5) is 1.90. The molecule has 1 aromatic heterocycles. The Kier molecular flexibility index (Phi) is 2.61. The first-order valence-corrected chi connectivity index (χ1v) is 5.19. The summed E-state index contributed by atoms with van der Waals surface area (Å²) in [6, 6.07) is 9.49. The Bertz CT molecular complexity index is 486. The molecule has 0 spiro atoms. The van der Waals surface area contributed by atoms with Crippen molar-refractivity contribution in [1.29, 1.82) is 5.26 Å². The second-order valence-corrected chi connectivity index (χ2v) is 3.75. The van der Waals surface area contributed by atoms with Gasteiger partial charge in [0, 0.05) is 12.7 Å². The molecule has 4 nitrogen and oxygen atoms in total. The number of hydrogen-bond donors (Lipinski definition) is 0. The predicted molar refractivity (Wildman–Crippen MR) is 59.1 cm³/mol. The van der Waals surface area contributed by atoms with Crippen LogP contribution < -0.4 is 4.90 Å². The zero-order chi connectivity index (χ0) is 10.7. The van der Waals surface area contributed by atoms with Crippen molar-refractivity contribution in [1.82, 2.24) is 10.2 Å². The van der Waals surface area contributed by atoms with Gasteiger partial charge in [-0.3, -0.25) is 0 Å². The fraction of sp³-hybridized carbons (Fsp3) is 0.100. The van der Waals surface area contributed by atoms with Crippen molar-refractivity contribution >= 4 is 22.2 Å². The van der Waals surface area contributed by atoms with Gasteiger partial charge < -0.3 is 4.90 Å². The normalized spacial score (nSPS) is 9.60. The Hall–Kier alpha value is -1.93. The van der Waals surface area contributed by atoms with E-state index in [-0.39, 0.29) is 0 Å². The average Bonchev–Trinajstić information content (AvgIpc) is 2.81. The molecule has 0 fully saturated rings. The lowest BCUT2D eigenvalue weighted by Crippen LogP contribution is -2.09. The summed E-state index contributed by atoms with van der Waals surface area (Å²) >= 11 is 1.46. The van der Waals surface area contributed by atoms with Crippen molar-refractivity contribution in [2.75, 3.05) is 11.9 Å². The van der Waals surface area contributed by atoms with Crippen LogP contribution in [-0.2, 0) is 0 Å². The molecule has 0 unspecified atom stereocenters. The zero-order valence-corrected chi connectivity index (χ0v) is 8.90. The maximum absolute atomic E-state index is 8.78. The smallest absolute Gasteiger partial charge is 0.212 e. The van der Waals surface area contributed by atoms with E-state index in [1.807, 2.05) is 30.1 Å². The Morgan fingerprint density at radius 1 is 1.47 bits per heavy atom. The van der Waals surface area contributed by atoms with Crippen LogP contribution >= 0.6 is 11.3 Å². The van der Waals surface area contributed by atoms with Crippen LogP contribution in [0, 0.1) is 11.3 Å². The Balaban J connectivity index is 2.34. The maximum Gasteiger partial charge on any atom is 0.212 e. The minimum absolute atomic E-state index is 0.642. The summed E-state index contributed by atoms with van der Waals surface area (Å²) in [6.45, 7) is 0. The van der Waals surface area contributed by atoms with Crippen molar-refractivity contribution in [3.8, 4) is 6.07 Å². The Labute approximate surface area is 91.4 Å². The molecule has 0 N–H and O–H groups in total. The van der Waals surface area contributed by atoms with Gasteiger partial charge in [0.1, 0.15) is 5.51 Å². The van der Waals surface area contributed by atoms with Crippen molar-refractivity contribution in [3.63, 3.8) is 0 Å². The van der Waals surface area contributed by atoms with E-state index in [2.05, 4.69) is 16.3 Å². The number of aromatic nitrogens is 2. The van der Waals surface area contributed by atoms with Gasteiger partial charge in [-0.2, -0.15) is 5.26 Å². The number of anilines is 2. The summed E-state index contributed by atoms with van der Waals surface area (Å²) in [6.07, 6.45) is 0. The average molecular weight is 216 g/mol. The number of rotatable bonds is 2. The van der Waals surface area contributed by atoms with Crippen LogP contribution in [-0.4, -0.2) is 17.2 Å². The van der Waals surface area contributed by atoms with Crippen molar-refractivity contribution in [2.45, 2.75) is 0 Å². The monoisotopic (exact) mass is 216 g/mol. The van der Waals surface area contributed by atoms with Crippen LogP contribution in [0.15, 0.2) is 29.8 Å². The quantitative estimate of drug-likeness (QED) is 0.772. The molecule has 0 atom stereocenters. The second-order valence-electron chi connectivity index (χ2n) is 2.94. The molecule has 0 aliphatic rings. The van der Waals surface area contributed by atoms with Gasteiger partial charge in [0.15, 0.2) is 0 Å². The number of nitrogens with zero attached hydrogens (tertiary/aromatic N) is 4. The summed E-state index contributed by atoms with van der Waals surface area (Å²) in [7, 11) is 1.90. The molecule has 0 saturated heterocycles. The SMILES string of the molecule is CN(c1cccc(C#N)c1)c1nncs1. The lowest BCUT2D eigenvalue weighted by atomic mass is 10.2. The van der Waals surface area contributed by atoms with E-state index in [9.17, 15) is 0 Å². The maximum atomic E-state index is 8.78. The molecule has 0 aliphatic carbocycles. The summed E-state index contributed by atoms with van der Waals surface area (Å²) in [5, 5.41) is 17.3. The molecule has 5 heteroatoms. The van der Waals surface area contributed by atoms with Crippen molar-refractivity contribution in [2.24, 2.45) is 0 Å². The van der Waals surface area contributed by atoms with Gasteiger partial charge in [-0.1, -0.05) is 17.4 Å². The molecule has 0 bridgehead atoms. The van der Waals surface area contributed by atoms with Gasteiger partial charge in [-0.05, 0) is 18.2 Å². The fourth-order valence-corrected chi connectivity index (χ4v) is 1.75. The van der Waals surface area contributed by atoms with Crippen LogP contribution in [0.2, 0.25) is 0 Å². The lowest BCUT2D eigenvalue weighted by molar-refractivity contribution is 1.04. The number of hydrogen-bond acceptors (Lipinski definition) is 5. The highest BCUT2D eigenvalue weighted by molar-refractivity contribution is 7.13. The fourth-order valence-electron chi connectivity index (χ4n) is 1.21. The molecular formula is C10H8N4S. The minimum atomic E-state index is 0.642. The van der Waals surface area contributed by atoms with Gasteiger partial charge in [-0.25, -0.2) is 0 Å². The summed E-state index contributed by atoms with van der Waals surface area (Å²) in [5.74, 6) is 0. The highest BCUT2D eigenvalue weighted by Gasteiger charge is 2.06. The van der Waals surface area contributed by atoms with Crippen molar-refractivity contribution in [3.05, 3.63) is 35.3 Å². The van der Waals surface area contributed by atoms with Crippen molar-refractivity contribution < 1.29 is 0 Å². The zero-order valence-electron chi connectivity index (χ0n) is 8.08. The highest BCUT2D eigenvalue weighted by Crippen LogP contribution is 2.24. The molecule has 74 valence electrons. The van der Waals surface area contributed by atoms with Gasteiger partial charge in [0.05, 0.1) is 11.6 Å². The third kappa shape index (κ3) is 1.95. The van der Waals surface area contributed by atoms with Crippen LogP contribution in [0.25, 0.3) is 0 Å². The molecule has 2 aromatic rings. The first kappa shape index (κ1) is 9.62. The predicted octanol–water partition coefficient (Wildman–Crippen LogP) is 2.18. The molecule has 1 heterocycles. The van der Waals surface area contributed by atoms with E-state index in [4.69, 9.17) is 5.26 Å². The number of nitriles is 1. The first-order valence-electron chi connectivity index (χ1n) is 4.31. The third-order valence-corrected chi connectivity index (χ3v) is 2.76. The molecule has 0 aliphatic heterocycles. The van der Waals surface area contributed by atoms with Gasteiger partial charge in [-0.15, -0.1) is 10.2 Å². The van der Waals surface area contributed by atoms with Gasteiger partial charge >= 0.3 is 0 Å². The molecular weight excluding hydrogens is 208 g/mol. The van der Waals surface area contributed by atoms with E-state index in [1.165, 1.54) is 11.3 Å². The molecule has 0 saturated carbocycles. The molecule has 15 heavy (non-hydrogen) atoms. The van der Waals surface area contributed by atoms with E-state index in [0.29, 0.717) is 5.56 Å². The molecule has 0 amide bonds. The number of benzene rings is 1. The van der Waals surface area contributed by atoms with Crippen LogP contribution in [0.1, 0.15) is 5.56 Å². The Morgan fingerprint density at radius 2 is 2.33 bits per heavy atom.